The predicted molar refractivity (Wildman–Crippen MR) is 53.1 cm³/mol. The van der Waals surface area contributed by atoms with Crippen LogP contribution in [0.4, 0.5) is 0 Å². The van der Waals surface area contributed by atoms with Crippen molar-refractivity contribution in [3.63, 3.8) is 0 Å². The van der Waals surface area contributed by atoms with Crippen molar-refractivity contribution in [1.29, 1.82) is 0 Å². The summed E-state index contributed by atoms with van der Waals surface area (Å²) in [6, 6.07) is 0. The Labute approximate surface area is 76.1 Å². The maximum atomic E-state index is 2.37. The Kier molecular flexibility index (Phi) is 2.25. The van der Waals surface area contributed by atoms with Gasteiger partial charge in [0.1, 0.15) is 0 Å². The smallest absolute Gasteiger partial charge is 0.0280 e. The van der Waals surface area contributed by atoms with Gasteiger partial charge in [-0.1, -0.05) is 25.0 Å². The minimum atomic E-state index is 0.913. The summed E-state index contributed by atoms with van der Waals surface area (Å²) >= 11 is 0. The molecule has 0 spiro atoms. The third-order valence-corrected chi connectivity index (χ3v) is 3.58. The molecule has 0 radical (unpaired) electrons. The second-order valence-corrected chi connectivity index (χ2v) is 4.79. The third kappa shape index (κ3) is 1.73. The van der Waals surface area contributed by atoms with E-state index in [9.17, 15) is 0 Å². The Morgan fingerprint density at radius 2 is 1.42 bits per heavy atom. The highest BCUT2D eigenvalue weighted by atomic mass is 14.3. The summed E-state index contributed by atoms with van der Waals surface area (Å²) in [5.74, 6) is 1.93. The van der Waals surface area contributed by atoms with E-state index in [4.69, 9.17) is 0 Å². The predicted octanol–water partition coefficient (Wildman–Crippen LogP) is 3.92. The molecule has 0 aromatic heterocycles. The van der Waals surface area contributed by atoms with Crippen LogP contribution < -0.4 is 0 Å². The molecule has 0 heterocycles. The van der Waals surface area contributed by atoms with Crippen LogP contribution in [0.1, 0.15) is 52.4 Å². The van der Waals surface area contributed by atoms with Crippen molar-refractivity contribution >= 4 is 0 Å². The molecule has 2 saturated carbocycles. The second kappa shape index (κ2) is 3.24. The van der Waals surface area contributed by atoms with Crippen molar-refractivity contribution in [2.75, 3.05) is 0 Å². The van der Waals surface area contributed by atoms with Gasteiger partial charge in [-0.25, -0.2) is 0 Å². The van der Waals surface area contributed by atoms with Crippen LogP contribution in [-0.2, 0) is 0 Å². The Morgan fingerprint density at radius 3 is 1.83 bits per heavy atom. The van der Waals surface area contributed by atoms with Crippen molar-refractivity contribution in [1.82, 2.24) is 0 Å². The van der Waals surface area contributed by atoms with Crippen molar-refractivity contribution in [3.8, 4) is 0 Å². The van der Waals surface area contributed by atoms with E-state index in [1.54, 1.807) is 0 Å². The van der Waals surface area contributed by atoms with Crippen LogP contribution in [0.15, 0.2) is 11.1 Å². The number of rotatable bonds is 1. The minimum absolute atomic E-state index is 0.913. The van der Waals surface area contributed by atoms with Crippen LogP contribution in [0, 0.1) is 11.8 Å². The first kappa shape index (κ1) is 8.34. The van der Waals surface area contributed by atoms with Crippen LogP contribution in [0.3, 0.4) is 0 Å². The molecular formula is C12H20. The van der Waals surface area contributed by atoms with Crippen LogP contribution in [0.25, 0.3) is 0 Å². The fraction of sp³-hybridized carbons (Fsp3) is 0.833. The molecule has 0 aliphatic heterocycles. The number of hydrogen-bond donors (Lipinski definition) is 0. The lowest BCUT2D eigenvalue weighted by atomic mass is 9.79. The Bertz CT molecular complexity index is 182. The van der Waals surface area contributed by atoms with Crippen molar-refractivity contribution in [3.05, 3.63) is 11.1 Å². The van der Waals surface area contributed by atoms with E-state index in [1.165, 1.54) is 38.5 Å². The highest BCUT2D eigenvalue weighted by Gasteiger charge is 2.24. The molecule has 68 valence electrons. The molecule has 12 heavy (non-hydrogen) atoms. The van der Waals surface area contributed by atoms with Crippen LogP contribution >= 0.6 is 0 Å². The first-order valence-corrected chi connectivity index (χ1v) is 5.47. The quantitative estimate of drug-likeness (QED) is 0.515. The van der Waals surface area contributed by atoms with Gasteiger partial charge in [0, 0.05) is 0 Å². The maximum Gasteiger partial charge on any atom is -0.0280 e. The maximum absolute atomic E-state index is 2.37. The molecule has 0 aromatic rings. The van der Waals surface area contributed by atoms with E-state index in [-0.39, 0.29) is 0 Å². The zero-order valence-corrected chi connectivity index (χ0v) is 8.40. The standard InChI is InChI=1S/C12H20/c1-9(2)10-3-5-11(6-4-10)12-7-8-12/h9-10H,3-8H2,1-2H3. The van der Waals surface area contributed by atoms with Gasteiger partial charge < -0.3 is 0 Å². The lowest BCUT2D eigenvalue weighted by Crippen LogP contribution is -2.13. The molecular weight excluding hydrogens is 144 g/mol. The van der Waals surface area contributed by atoms with E-state index in [1.807, 2.05) is 11.1 Å². The largest absolute Gasteiger partial charge is 0.0710 e. The molecule has 0 bridgehead atoms. The average Bonchev–Trinajstić information content (AvgIpc) is 2.87. The Hall–Kier alpha value is -0.260. The first-order valence-electron chi connectivity index (χ1n) is 5.47. The minimum Gasteiger partial charge on any atom is -0.0710 e. The highest BCUT2D eigenvalue weighted by molar-refractivity contribution is 5.26. The van der Waals surface area contributed by atoms with Gasteiger partial charge in [-0.2, -0.15) is 0 Å². The average molecular weight is 164 g/mol. The lowest BCUT2D eigenvalue weighted by molar-refractivity contribution is 0.310. The van der Waals surface area contributed by atoms with E-state index in [0.29, 0.717) is 0 Å². The Morgan fingerprint density at radius 1 is 0.917 bits per heavy atom. The van der Waals surface area contributed by atoms with Gasteiger partial charge in [-0.15, -0.1) is 0 Å². The van der Waals surface area contributed by atoms with Crippen molar-refractivity contribution < 1.29 is 0 Å². The topological polar surface area (TPSA) is 0 Å². The molecule has 0 heteroatoms. The van der Waals surface area contributed by atoms with Gasteiger partial charge in [0.2, 0.25) is 0 Å². The van der Waals surface area contributed by atoms with Gasteiger partial charge in [-0.3, -0.25) is 0 Å². The summed E-state index contributed by atoms with van der Waals surface area (Å²) in [6.07, 6.45) is 8.66. The monoisotopic (exact) mass is 164 g/mol. The lowest BCUT2D eigenvalue weighted by Gasteiger charge is -2.26. The van der Waals surface area contributed by atoms with E-state index in [0.717, 1.165) is 11.8 Å². The zero-order valence-electron chi connectivity index (χ0n) is 8.40. The van der Waals surface area contributed by atoms with Crippen LogP contribution in [0.5, 0.6) is 0 Å². The second-order valence-electron chi connectivity index (χ2n) is 4.79. The van der Waals surface area contributed by atoms with Crippen molar-refractivity contribution in [2.45, 2.75) is 52.4 Å². The SMILES string of the molecule is CC(C)C1CCC(=C2CC2)CC1. The number of hydrogen-bond acceptors (Lipinski definition) is 0. The van der Waals surface area contributed by atoms with E-state index >= 15 is 0 Å². The third-order valence-electron chi connectivity index (χ3n) is 3.58. The molecule has 2 aliphatic carbocycles. The molecule has 2 rings (SSSR count). The summed E-state index contributed by atoms with van der Waals surface area (Å²) in [7, 11) is 0. The highest BCUT2D eigenvalue weighted by Crippen LogP contribution is 2.41. The molecule has 0 nitrogen and oxygen atoms in total. The molecule has 0 atom stereocenters. The molecule has 0 N–H and O–H groups in total. The van der Waals surface area contributed by atoms with Crippen LogP contribution in [-0.4, -0.2) is 0 Å². The normalized spacial score (nSPS) is 29.8. The van der Waals surface area contributed by atoms with E-state index < -0.39 is 0 Å². The molecule has 0 amide bonds. The summed E-state index contributed by atoms with van der Waals surface area (Å²) in [6.45, 7) is 4.75. The van der Waals surface area contributed by atoms with Crippen molar-refractivity contribution in [2.24, 2.45) is 11.8 Å². The van der Waals surface area contributed by atoms with Gasteiger partial charge in [0.25, 0.3) is 0 Å². The summed E-state index contributed by atoms with van der Waals surface area (Å²) in [5, 5.41) is 0. The Balaban J connectivity index is 1.89. The van der Waals surface area contributed by atoms with Gasteiger partial charge >= 0.3 is 0 Å². The molecule has 0 aromatic carbocycles. The van der Waals surface area contributed by atoms with E-state index in [2.05, 4.69) is 13.8 Å². The summed E-state index contributed by atoms with van der Waals surface area (Å²) < 4.78 is 0. The van der Waals surface area contributed by atoms with Gasteiger partial charge in [0.05, 0.1) is 0 Å². The summed E-state index contributed by atoms with van der Waals surface area (Å²) in [5.41, 5.74) is 3.66. The van der Waals surface area contributed by atoms with Gasteiger partial charge in [0.15, 0.2) is 0 Å². The number of allylic oxidation sites excluding steroid dienone is 2. The first-order chi connectivity index (χ1) is 5.77. The zero-order chi connectivity index (χ0) is 8.55. The molecule has 0 unspecified atom stereocenters. The van der Waals surface area contributed by atoms with Crippen LogP contribution in [0.2, 0.25) is 0 Å². The molecule has 2 aliphatic rings. The summed E-state index contributed by atoms with van der Waals surface area (Å²) in [4.78, 5) is 0. The fourth-order valence-electron chi connectivity index (χ4n) is 2.42. The molecule has 0 saturated heterocycles. The molecule has 2 fully saturated rings. The van der Waals surface area contributed by atoms with Gasteiger partial charge in [-0.05, 0) is 50.4 Å². The fourth-order valence-corrected chi connectivity index (χ4v) is 2.42.